The minimum absolute atomic E-state index is 0.258. The van der Waals surface area contributed by atoms with Gasteiger partial charge in [-0.15, -0.1) is 0 Å². The molecule has 0 saturated heterocycles. The summed E-state index contributed by atoms with van der Waals surface area (Å²) < 4.78 is 1.82. The third kappa shape index (κ3) is 1.32. The zero-order chi connectivity index (χ0) is 9.42. The van der Waals surface area contributed by atoms with E-state index in [1.54, 1.807) is 6.20 Å². The fraction of sp³-hybridized carbons (Fsp3) is 0.556. The Bertz CT molecular complexity index is 343. The van der Waals surface area contributed by atoms with Crippen molar-refractivity contribution in [3.05, 3.63) is 17.5 Å². The summed E-state index contributed by atoms with van der Waals surface area (Å²) in [6.45, 7) is 2.54. The van der Waals surface area contributed by atoms with E-state index >= 15 is 0 Å². The Balaban J connectivity index is 2.25. The van der Waals surface area contributed by atoms with Gasteiger partial charge in [-0.2, -0.15) is 5.10 Å². The van der Waals surface area contributed by atoms with E-state index < -0.39 is 5.97 Å². The number of carbonyl (C=O) groups is 1. The van der Waals surface area contributed by atoms with Gasteiger partial charge in [0.25, 0.3) is 0 Å². The maximum Gasteiger partial charge on any atom is 0.308 e. The van der Waals surface area contributed by atoms with Crippen LogP contribution in [0.5, 0.6) is 0 Å². The van der Waals surface area contributed by atoms with Crippen LogP contribution in [-0.4, -0.2) is 20.9 Å². The molecule has 0 aromatic carbocycles. The Kier molecular flexibility index (Phi) is 1.83. The van der Waals surface area contributed by atoms with E-state index in [4.69, 9.17) is 5.11 Å². The smallest absolute Gasteiger partial charge is 0.308 e. The van der Waals surface area contributed by atoms with E-state index in [1.807, 2.05) is 11.6 Å². The lowest BCUT2D eigenvalue weighted by Gasteiger charge is -2.20. The van der Waals surface area contributed by atoms with Crippen LogP contribution in [-0.2, 0) is 17.8 Å². The average Bonchev–Trinajstić information content (AvgIpc) is 2.47. The van der Waals surface area contributed by atoms with Crippen molar-refractivity contribution in [1.82, 2.24) is 9.78 Å². The van der Waals surface area contributed by atoms with Gasteiger partial charge in [-0.1, -0.05) is 0 Å². The summed E-state index contributed by atoms with van der Waals surface area (Å²) in [6.07, 6.45) is 3.38. The zero-order valence-corrected chi connectivity index (χ0v) is 7.53. The molecule has 70 valence electrons. The molecule has 1 N–H and O–H groups in total. The Hall–Kier alpha value is -1.32. The molecule has 0 radical (unpaired) electrons. The van der Waals surface area contributed by atoms with Gasteiger partial charge in [-0.05, 0) is 25.3 Å². The minimum Gasteiger partial charge on any atom is -0.481 e. The van der Waals surface area contributed by atoms with Gasteiger partial charge in [0, 0.05) is 5.69 Å². The van der Waals surface area contributed by atoms with Crippen LogP contribution < -0.4 is 0 Å². The molecule has 4 heteroatoms. The fourth-order valence-electron chi connectivity index (χ4n) is 1.80. The molecule has 0 spiro atoms. The van der Waals surface area contributed by atoms with E-state index in [0.717, 1.165) is 12.8 Å². The van der Waals surface area contributed by atoms with Crippen molar-refractivity contribution < 1.29 is 9.90 Å². The number of hydrogen-bond acceptors (Lipinski definition) is 2. The lowest BCUT2D eigenvalue weighted by Crippen LogP contribution is -2.27. The van der Waals surface area contributed by atoms with E-state index in [0.29, 0.717) is 6.54 Å². The summed E-state index contributed by atoms with van der Waals surface area (Å²) >= 11 is 0. The fourth-order valence-corrected chi connectivity index (χ4v) is 1.80. The van der Waals surface area contributed by atoms with Gasteiger partial charge in [0.1, 0.15) is 0 Å². The SMILES string of the molecule is Cc1cnn2c1CCC(C(=O)O)C2. The minimum atomic E-state index is -0.709. The lowest BCUT2D eigenvalue weighted by atomic mass is 9.97. The van der Waals surface area contributed by atoms with Gasteiger partial charge >= 0.3 is 5.97 Å². The number of carboxylic acid groups (broad SMARTS) is 1. The quantitative estimate of drug-likeness (QED) is 0.696. The highest BCUT2D eigenvalue weighted by Gasteiger charge is 2.25. The van der Waals surface area contributed by atoms with Crippen LogP contribution in [0.3, 0.4) is 0 Å². The monoisotopic (exact) mass is 180 g/mol. The van der Waals surface area contributed by atoms with Crippen LogP contribution in [0.15, 0.2) is 6.20 Å². The Labute approximate surface area is 76.2 Å². The number of aryl methyl sites for hydroxylation is 1. The molecule has 1 unspecified atom stereocenters. The Morgan fingerprint density at radius 3 is 3.23 bits per heavy atom. The number of fused-ring (bicyclic) bond motifs is 1. The van der Waals surface area contributed by atoms with E-state index in [2.05, 4.69) is 5.10 Å². The number of aliphatic carboxylic acids is 1. The van der Waals surface area contributed by atoms with Crippen LogP contribution in [0.2, 0.25) is 0 Å². The molecule has 1 aromatic heterocycles. The molecular formula is C9H12N2O2. The molecule has 4 nitrogen and oxygen atoms in total. The van der Waals surface area contributed by atoms with Gasteiger partial charge in [-0.3, -0.25) is 9.48 Å². The molecule has 2 rings (SSSR count). The van der Waals surface area contributed by atoms with Crippen molar-refractivity contribution in [3.63, 3.8) is 0 Å². The molecule has 1 atom stereocenters. The second-order valence-electron chi connectivity index (χ2n) is 3.53. The first-order valence-corrected chi connectivity index (χ1v) is 4.42. The first-order valence-electron chi connectivity index (χ1n) is 4.42. The number of hydrogen-bond donors (Lipinski definition) is 1. The van der Waals surface area contributed by atoms with Crippen LogP contribution in [0.25, 0.3) is 0 Å². The molecule has 2 heterocycles. The Morgan fingerprint density at radius 2 is 2.54 bits per heavy atom. The highest BCUT2D eigenvalue weighted by molar-refractivity contribution is 5.70. The average molecular weight is 180 g/mol. The lowest BCUT2D eigenvalue weighted by molar-refractivity contribution is -0.142. The van der Waals surface area contributed by atoms with Gasteiger partial charge in [0.2, 0.25) is 0 Å². The van der Waals surface area contributed by atoms with Gasteiger partial charge in [0.15, 0.2) is 0 Å². The highest BCUT2D eigenvalue weighted by Crippen LogP contribution is 2.21. The molecule has 1 aromatic rings. The molecular weight excluding hydrogens is 168 g/mol. The van der Waals surface area contributed by atoms with Crippen molar-refractivity contribution in [2.24, 2.45) is 5.92 Å². The topological polar surface area (TPSA) is 55.1 Å². The first kappa shape index (κ1) is 8.29. The molecule has 13 heavy (non-hydrogen) atoms. The number of rotatable bonds is 1. The van der Waals surface area contributed by atoms with Crippen LogP contribution in [0.1, 0.15) is 17.7 Å². The summed E-state index contributed by atoms with van der Waals surface area (Å²) in [5.41, 5.74) is 2.36. The standard InChI is InChI=1S/C9H12N2O2/c1-6-4-10-11-5-7(9(12)13)2-3-8(6)11/h4,7H,2-3,5H2,1H3,(H,12,13). The van der Waals surface area contributed by atoms with Crippen molar-refractivity contribution >= 4 is 5.97 Å². The molecule has 0 fully saturated rings. The predicted octanol–water partition coefficient (Wildman–Crippen LogP) is 0.839. The highest BCUT2D eigenvalue weighted by atomic mass is 16.4. The number of aromatic nitrogens is 2. The van der Waals surface area contributed by atoms with Gasteiger partial charge in [0.05, 0.1) is 18.7 Å². The third-order valence-electron chi connectivity index (χ3n) is 2.63. The predicted molar refractivity (Wildman–Crippen MR) is 46.4 cm³/mol. The summed E-state index contributed by atoms with van der Waals surface area (Å²) in [5, 5.41) is 13.0. The van der Waals surface area contributed by atoms with Gasteiger partial charge in [-0.25, -0.2) is 0 Å². The molecule has 1 aliphatic heterocycles. The molecule has 0 aliphatic carbocycles. The van der Waals surface area contributed by atoms with Gasteiger partial charge < -0.3 is 5.11 Å². The molecule has 0 saturated carbocycles. The number of carboxylic acids is 1. The Morgan fingerprint density at radius 1 is 1.77 bits per heavy atom. The second kappa shape index (κ2) is 2.87. The molecule has 0 amide bonds. The van der Waals surface area contributed by atoms with Crippen molar-refractivity contribution in [2.45, 2.75) is 26.3 Å². The van der Waals surface area contributed by atoms with Crippen molar-refractivity contribution in [3.8, 4) is 0 Å². The zero-order valence-electron chi connectivity index (χ0n) is 7.53. The van der Waals surface area contributed by atoms with Crippen LogP contribution >= 0.6 is 0 Å². The van der Waals surface area contributed by atoms with Crippen LogP contribution in [0.4, 0.5) is 0 Å². The number of nitrogens with zero attached hydrogens (tertiary/aromatic N) is 2. The van der Waals surface area contributed by atoms with Crippen molar-refractivity contribution in [2.75, 3.05) is 0 Å². The maximum absolute atomic E-state index is 10.7. The second-order valence-corrected chi connectivity index (χ2v) is 3.53. The maximum atomic E-state index is 10.7. The normalized spacial score (nSPS) is 21.2. The molecule has 0 bridgehead atoms. The van der Waals surface area contributed by atoms with E-state index in [-0.39, 0.29) is 5.92 Å². The first-order chi connectivity index (χ1) is 6.18. The molecule has 1 aliphatic rings. The van der Waals surface area contributed by atoms with Crippen molar-refractivity contribution in [1.29, 1.82) is 0 Å². The summed E-state index contributed by atoms with van der Waals surface area (Å²) in [5.74, 6) is -0.967. The third-order valence-corrected chi connectivity index (χ3v) is 2.63. The largest absolute Gasteiger partial charge is 0.481 e. The summed E-state index contributed by atoms with van der Waals surface area (Å²) in [4.78, 5) is 10.7. The summed E-state index contributed by atoms with van der Waals surface area (Å²) in [6, 6.07) is 0. The van der Waals surface area contributed by atoms with E-state index in [1.165, 1.54) is 11.3 Å². The summed E-state index contributed by atoms with van der Waals surface area (Å²) in [7, 11) is 0. The van der Waals surface area contributed by atoms with E-state index in [9.17, 15) is 4.79 Å². The van der Waals surface area contributed by atoms with Crippen LogP contribution in [0, 0.1) is 12.8 Å².